The third-order valence-electron chi connectivity index (χ3n) is 4.63. The summed E-state index contributed by atoms with van der Waals surface area (Å²) in [6, 6.07) is 15.6. The number of aryl methyl sites for hydroxylation is 1. The van der Waals surface area contributed by atoms with Crippen LogP contribution in [0.1, 0.15) is 11.1 Å². The Balaban J connectivity index is 2.08. The SMILES string of the molecule is Cc1cc(O)c(C)c(O)c1-c1n[nH]c(=S)n1-c1cccc2ccccc12. The van der Waals surface area contributed by atoms with Crippen molar-refractivity contribution < 1.29 is 10.2 Å². The molecule has 1 aromatic heterocycles. The fourth-order valence-electron chi connectivity index (χ4n) is 3.25. The van der Waals surface area contributed by atoms with Crippen molar-refractivity contribution in [2.75, 3.05) is 0 Å². The van der Waals surface area contributed by atoms with E-state index in [2.05, 4.69) is 10.2 Å². The minimum Gasteiger partial charge on any atom is -0.508 e. The molecule has 4 aromatic rings. The molecule has 0 fully saturated rings. The predicted octanol–water partition coefficient (Wildman–Crippen LogP) is 4.78. The number of nitrogens with zero attached hydrogens (tertiary/aromatic N) is 2. The second-order valence-corrected chi connectivity index (χ2v) is 6.63. The molecule has 5 nitrogen and oxygen atoms in total. The van der Waals surface area contributed by atoms with Gasteiger partial charge in [-0.05, 0) is 49.1 Å². The number of phenols is 2. The molecule has 130 valence electrons. The molecule has 0 aliphatic rings. The van der Waals surface area contributed by atoms with Crippen molar-refractivity contribution in [3.63, 3.8) is 0 Å². The van der Waals surface area contributed by atoms with Crippen molar-refractivity contribution in [1.29, 1.82) is 0 Å². The van der Waals surface area contributed by atoms with E-state index in [0.717, 1.165) is 16.5 Å². The first-order valence-corrected chi connectivity index (χ1v) is 8.58. The van der Waals surface area contributed by atoms with Gasteiger partial charge in [0.25, 0.3) is 0 Å². The van der Waals surface area contributed by atoms with Gasteiger partial charge in [0.2, 0.25) is 0 Å². The lowest BCUT2D eigenvalue weighted by Crippen LogP contribution is -2.01. The lowest BCUT2D eigenvalue weighted by molar-refractivity contribution is 0.443. The summed E-state index contributed by atoms with van der Waals surface area (Å²) in [5.41, 5.74) is 2.53. The van der Waals surface area contributed by atoms with E-state index in [4.69, 9.17) is 12.2 Å². The number of benzene rings is 3. The van der Waals surface area contributed by atoms with Crippen molar-refractivity contribution in [2.45, 2.75) is 13.8 Å². The summed E-state index contributed by atoms with van der Waals surface area (Å²) in [4.78, 5) is 0. The number of fused-ring (bicyclic) bond motifs is 1. The molecule has 0 bridgehead atoms. The monoisotopic (exact) mass is 363 g/mol. The first-order chi connectivity index (χ1) is 12.5. The third-order valence-corrected chi connectivity index (χ3v) is 4.90. The molecular weight excluding hydrogens is 346 g/mol. The van der Waals surface area contributed by atoms with Gasteiger partial charge >= 0.3 is 0 Å². The molecule has 0 amide bonds. The van der Waals surface area contributed by atoms with E-state index >= 15 is 0 Å². The summed E-state index contributed by atoms with van der Waals surface area (Å²) in [6.45, 7) is 3.48. The van der Waals surface area contributed by atoms with Crippen molar-refractivity contribution in [3.8, 4) is 28.6 Å². The Morgan fingerprint density at radius 1 is 1.04 bits per heavy atom. The molecule has 3 aromatic carbocycles. The molecule has 0 unspecified atom stereocenters. The molecule has 3 N–H and O–H groups in total. The van der Waals surface area contributed by atoms with Gasteiger partial charge in [0.15, 0.2) is 10.6 Å². The van der Waals surface area contributed by atoms with Crippen LogP contribution in [0.5, 0.6) is 11.5 Å². The summed E-state index contributed by atoms with van der Waals surface area (Å²) in [6.07, 6.45) is 0. The Kier molecular flexibility index (Phi) is 3.77. The largest absolute Gasteiger partial charge is 0.508 e. The number of hydrogen-bond donors (Lipinski definition) is 3. The molecule has 4 rings (SSSR count). The van der Waals surface area contributed by atoms with Crippen LogP contribution in [-0.2, 0) is 0 Å². The zero-order valence-electron chi connectivity index (χ0n) is 14.3. The van der Waals surface area contributed by atoms with Crippen LogP contribution in [0.15, 0.2) is 48.5 Å². The number of H-pyrrole nitrogens is 1. The summed E-state index contributed by atoms with van der Waals surface area (Å²) in [5, 5.41) is 29.9. The van der Waals surface area contributed by atoms with Gasteiger partial charge in [0.05, 0.1) is 11.3 Å². The van der Waals surface area contributed by atoms with Crippen molar-refractivity contribution in [3.05, 3.63) is 64.4 Å². The van der Waals surface area contributed by atoms with Gasteiger partial charge in [-0.1, -0.05) is 36.4 Å². The molecule has 0 spiro atoms. The number of aromatic amines is 1. The van der Waals surface area contributed by atoms with Crippen LogP contribution in [-0.4, -0.2) is 25.0 Å². The first-order valence-electron chi connectivity index (χ1n) is 8.17. The van der Waals surface area contributed by atoms with Gasteiger partial charge in [-0.2, -0.15) is 5.10 Å². The quantitative estimate of drug-likeness (QED) is 0.448. The van der Waals surface area contributed by atoms with E-state index in [1.54, 1.807) is 13.0 Å². The Labute approximate surface area is 155 Å². The van der Waals surface area contributed by atoms with Crippen molar-refractivity contribution in [1.82, 2.24) is 14.8 Å². The fourth-order valence-corrected chi connectivity index (χ4v) is 3.49. The van der Waals surface area contributed by atoms with Crippen LogP contribution in [0.3, 0.4) is 0 Å². The maximum absolute atomic E-state index is 10.6. The van der Waals surface area contributed by atoms with E-state index in [0.29, 0.717) is 27.3 Å². The topological polar surface area (TPSA) is 74.1 Å². The molecule has 0 atom stereocenters. The van der Waals surface area contributed by atoms with E-state index in [-0.39, 0.29) is 11.5 Å². The van der Waals surface area contributed by atoms with Gasteiger partial charge in [-0.3, -0.25) is 9.67 Å². The predicted molar refractivity (Wildman–Crippen MR) is 104 cm³/mol. The first kappa shape index (κ1) is 16.4. The number of aromatic nitrogens is 3. The Morgan fingerprint density at radius 2 is 1.77 bits per heavy atom. The highest BCUT2D eigenvalue weighted by molar-refractivity contribution is 7.71. The molecule has 6 heteroatoms. The van der Waals surface area contributed by atoms with Crippen LogP contribution in [0.4, 0.5) is 0 Å². The smallest absolute Gasteiger partial charge is 0.200 e. The average Bonchev–Trinajstić information content (AvgIpc) is 3.00. The molecule has 1 heterocycles. The molecule has 0 aliphatic carbocycles. The number of rotatable bonds is 2. The van der Waals surface area contributed by atoms with E-state index < -0.39 is 0 Å². The van der Waals surface area contributed by atoms with Crippen molar-refractivity contribution >= 4 is 23.0 Å². The molecule has 26 heavy (non-hydrogen) atoms. The van der Waals surface area contributed by atoms with Crippen LogP contribution in [0.2, 0.25) is 0 Å². The minimum absolute atomic E-state index is 0.00186. The van der Waals surface area contributed by atoms with Crippen LogP contribution < -0.4 is 0 Å². The molecule has 0 radical (unpaired) electrons. The number of nitrogens with one attached hydrogen (secondary N) is 1. The van der Waals surface area contributed by atoms with E-state index in [9.17, 15) is 10.2 Å². The zero-order valence-corrected chi connectivity index (χ0v) is 15.1. The molecule has 0 aliphatic heterocycles. The second-order valence-electron chi connectivity index (χ2n) is 6.25. The summed E-state index contributed by atoms with van der Waals surface area (Å²) < 4.78 is 2.25. The van der Waals surface area contributed by atoms with Gasteiger partial charge in [0.1, 0.15) is 11.5 Å². The minimum atomic E-state index is -0.00186. The Bertz CT molecular complexity index is 1200. The van der Waals surface area contributed by atoms with Gasteiger partial charge < -0.3 is 10.2 Å². The third kappa shape index (κ3) is 2.38. The van der Waals surface area contributed by atoms with Crippen molar-refractivity contribution in [2.24, 2.45) is 0 Å². The Morgan fingerprint density at radius 3 is 2.58 bits per heavy atom. The van der Waals surface area contributed by atoms with E-state index in [1.165, 1.54) is 0 Å². The maximum Gasteiger partial charge on any atom is 0.200 e. The van der Waals surface area contributed by atoms with Gasteiger partial charge in [-0.15, -0.1) is 0 Å². The molecule has 0 saturated heterocycles. The number of phenolic OH excluding ortho intramolecular Hbond substituents is 2. The van der Waals surface area contributed by atoms with Crippen LogP contribution >= 0.6 is 12.2 Å². The summed E-state index contributed by atoms with van der Waals surface area (Å²) in [7, 11) is 0. The standard InChI is InChI=1S/C20H17N3O2S/c1-11-10-16(24)12(2)18(25)17(11)19-21-22-20(26)23(19)15-9-5-7-13-6-3-4-8-14(13)15/h3-10,24-25H,1-2H3,(H,22,26). The van der Waals surface area contributed by atoms with Gasteiger partial charge in [0, 0.05) is 10.9 Å². The highest BCUT2D eigenvalue weighted by atomic mass is 32.1. The lowest BCUT2D eigenvalue weighted by atomic mass is 10.0. The summed E-state index contributed by atoms with van der Waals surface area (Å²) in [5.74, 6) is 0.553. The van der Waals surface area contributed by atoms with Crippen LogP contribution in [0.25, 0.3) is 27.8 Å². The fraction of sp³-hybridized carbons (Fsp3) is 0.100. The zero-order chi connectivity index (χ0) is 18.4. The Hall–Kier alpha value is -3.12. The highest BCUT2D eigenvalue weighted by Gasteiger charge is 2.21. The maximum atomic E-state index is 10.6. The second kappa shape index (κ2) is 6.00. The highest BCUT2D eigenvalue weighted by Crippen LogP contribution is 2.39. The number of aromatic hydroxyl groups is 2. The molecular formula is C20H17N3O2S. The van der Waals surface area contributed by atoms with Crippen LogP contribution in [0, 0.1) is 18.6 Å². The normalized spacial score (nSPS) is 11.2. The van der Waals surface area contributed by atoms with E-state index in [1.807, 2.05) is 54.0 Å². The molecule has 0 saturated carbocycles. The lowest BCUT2D eigenvalue weighted by Gasteiger charge is -2.14. The average molecular weight is 363 g/mol. The van der Waals surface area contributed by atoms with Gasteiger partial charge in [-0.25, -0.2) is 0 Å². The summed E-state index contributed by atoms with van der Waals surface area (Å²) >= 11 is 5.48. The number of hydrogen-bond acceptors (Lipinski definition) is 4.